The molecule has 2 aromatic rings. The summed E-state index contributed by atoms with van der Waals surface area (Å²) < 4.78 is 5.90. The summed E-state index contributed by atoms with van der Waals surface area (Å²) in [5.41, 5.74) is 2.22. The summed E-state index contributed by atoms with van der Waals surface area (Å²) in [6.07, 6.45) is 5.70. The molecule has 0 unspecified atom stereocenters. The zero-order valence-corrected chi connectivity index (χ0v) is 11.7. The van der Waals surface area contributed by atoms with Crippen molar-refractivity contribution in [2.75, 3.05) is 11.9 Å². The first-order valence-electron chi connectivity index (χ1n) is 7.41. The molecule has 1 aliphatic heterocycles. The Morgan fingerprint density at radius 2 is 2.10 bits per heavy atom. The van der Waals surface area contributed by atoms with Crippen molar-refractivity contribution < 1.29 is 4.74 Å². The Labute approximate surface area is 118 Å². The highest BCUT2D eigenvalue weighted by molar-refractivity contribution is 5.91. The van der Waals surface area contributed by atoms with Crippen LogP contribution in [0.25, 0.3) is 10.9 Å². The molecule has 0 spiro atoms. The van der Waals surface area contributed by atoms with E-state index in [9.17, 15) is 0 Å². The van der Waals surface area contributed by atoms with E-state index in [0.717, 1.165) is 35.7 Å². The summed E-state index contributed by atoms with van der Waals surface area (Å²) in [5, 5.41) is 4.76. The van der Waals surface area contributed by atoms with Gasteiger partial charge in [0.2, 0.25) is 0 Å². The van der Waals surface area contributed by atoms with Gasteiger partial charge in [0.15, 0.2) is 0 Å². The third-order valence-corrected chi connectivity index (χ3v) is 4.42. The predicted octanol–water partition coefficient (Wildman–Crippen LogP) is 2.92. The predicted molar refractivity (Wildman–Crippen MR) is 78.8 cm³/mol. The molecule has 1 aromatic carbocycles. The van der Waals surface area contributed by atoms with Crippen LogP contribution in [-0.2, 0) is 4.74 Å². The van der Waals surface area contributed by atoms with Gasteiger partial charge < -0.3 is 10.1 Å². The zero-order valence-electron chi connectivity index (χ0n) is 11.7. The quantitative estimate of drug-likeness (QED) is 0.930. The molecule has 1 saturated carbocycles. The van der Waals surface area contributed by atoms with E-state index in [1.54, 1.807) is 6.33 Å². The lowest BCUT2D eigenvalue weighted by molar-refractivity contribution is 0.0898. The number of hydrogen-bond acceptors (Lipinski definition) is 4. The molecular formula is C16H19N3O. The maximum absolute atomic E-state index is 5.90. The summed E-state index contributed by atoms with van der Waals surface area (Å²) in [7, 11) is 0. The van der Waals surface area contributed by atoms with Gasteiger partial charge in [-0.1, -0.05) is 12.1 Å². The van der Waals surface area contributed by atoms with Crippen LogP contribution < -0.4 is 5.32 Å². The first kappa shape index (κ1) is 12.1. The molecule has 4 heteroatoms. The van der Waals surface area contributed by atoms with Gasteiger partial charge in [-0.2, -0.15) is 0 Å². The van der Waals surface area contributed by atoms with Gasteiger partial charge in [0.1, 0.15) is 12.1 Å². The molecule has 1 saturated heterocycles. The fourth-order valence-corrected chi connectivity index (χ4v) is 3.22. The lowest BCUT2D eigenvalue weighted by atomic mass is 10.1. The number of hydrogen-bond donors (Lipinski definition) is 1. The van der Waals surface area contributed by atoms with Crippen molar-refractivity contribution in [3.8, 4) is 0 Å². The van der Waals surface area contributed by atoms with Crippen LogP contribution in [-0.4, -0.2) is 28.7 Å². The number of aromatic nitrogens is 2. The minimum Gasteiger partial charge on any atom is -0.376 e. The monoisotopic (exact) mass is 269 g/mol. The van der Waals surface area contributed by atoms with Crippen molar-refractivity contribution in [1.29, 1.82) is 0 Å². The van der Waals surface area contributed by atoms with Crippen molar-refractivity contribution in [1.82, 2.24) is 9.97 Å². The topological polar surface area (TPSA) is 47.0 Å². The normalized spacial score (nSPS) is 26.1. The maximum atomic E-state index is 5.90. The Morgan fingerprint density at radius 3 is 2.95 bits per heavy atom. The number of rotatable bonds is 3. The lowest BCUT2D eigenvalue weighted by Gasteiger charge is -2.21. The number of anilines is 1. The van der Waals surface area contributed by atoms with E-state index >= 15 is 0 Å². The summed E-state index contributed by atoms with van der Waals surface area (Å²) >= 11 is 0. The number of nitrogens with one attached hydrogen (secondary N) is 1. The maximum Gasteiger partial charge on any atom is 0.137 e. The van der Waals surface area contributed by atoms with Crippen molar-refractivity contribution in [3.63, 3.8) is 0 Å². The van der Waals surface area contributed by atoms with Crippen LogP contribution in [0.4, 0.5) is 5.82 Å². The number of benzene rings is 1. The molecule has 1 aliphatic carbocycles. The van der Waals surface area contributed by atoms with Crippen LogP contribution in [0.1, 0.15) is 24.8 Å². The third-order valence-electron chi connectivity index (χ3n) is 4.42. The fraction of sp³-hybridized carbons (Fsp3) is 0.500. The summed E-state index contributed by atoms with van der Waals surface area (Å²) in [6.45, 7) is 2.97. The smallest absolute Gasteiger partial charge is 0.137 e. The number of nitrogens with zero attached hydrogens (tertiary/aromatic N) is 2. The first-order chi connectivity index (χ1) is 9.83. The molecular weight excluding hydrogens is 250 g/mol. The SMILES string of the molecule is Cc1cccc2ncnc(N[C@@H]3CCO[C@@H]3C3CC3)c12. The summed E-state index contributed by atoms with van der Waals surface area (Å²) in [6, 6.07) is 6.58. The molecule has 0 amide bonds. The van der Waals surface area contributed by atoms with Gasteiger partial charge >= 0.3 is 0 Å². The Bertz CT molecular complexity index is 633. The summed E-state index contributed by atoms with van der Waals surface area (Å²) in [5.74, 6) is 1.71. The zero-order chi connectivity index (χ0) is 13.5. The molecule has 2 aliphatic rings. The van der Waals surface area contributed by atoms with Crippen molar-refractivity contribution in [2.24, 2.45) is 5.92 Å². The van der Waals surface area contributed by atoms with E-state index in [-0.39, 0.29) is 0 Å². The Balaban J connectivity index is 1.68. The molecule has 2 atom stereocenters. The highest BCUT2D eigenvalue weighted by Gasteiger charge is 2.40. The van der Waals surface area contributed by atoms with Crippen LogP contribution in [0.3, 0.4) is 0 Å². The van der Waals surface area contributed by atoms with Crippen molar-refractivity contribution >= 4 is 16.7 Å². The van der Waals surface area contributed by atoms with Crippen LogP contribution in [0.2, 0.25) is 0 Å². The van der Waals surface area contributed by atoms with E-state index in [2.05, 4.69) is 28.3 Å². The molecule has 0 radical (unpaired) electrons. The van der Waals surface area contributed by atoms with Crippen LogP contribution >= 0.6 is 0 Å². The molecule has 1 N–H and O–H groups in total. The van der Waals surface area contributed by atoms with Crippen LogP contribution in [0.5, 0.6) is 0 Å². The van der Waals surface area contributed by atoms with Crippen LogP contribution in [0.15, 0.2) is 24.5 Å². The molecule has 1 aromatic heterocycles. The van der Waals surface area contributed by atoms with Gasteiger partial charge in [-0.15, -0.1) is 0 Å². The molecule has 4 rings (SSSR count). The van der Waals surface area contributed by atoms with E-state index in [4.69, 9.17) is 4.74 Å². The second kappa shape index (κ2) is 4.70. The Morgan fingerprint density at radius 1 is 1.20 bits per heavy atom. The Hall–Kier alpha value is -1.68. The van der Waals surface area contributed by atoms with Gasteiger partial charge in [0, 0.05) is 12.0 Å². The first-order valence-corrected chi connectivity index (χ1v) is 7.41. The molecule has 4 nitrogen and oxygen atoms in total. The van der Waals surface area contributed by atoms with Crippen LogP contribution in [0, 0.1) is 12.8 Å². The third kappa shape index (κ3) is 2.04. The number of aryl methyl sites for hydroxylation is 1. The molecule has 104 valence electrons. The second-order valence-corrected chi connectivity index (χ2v) is 5.90. The van der Waals surface area contributed by atoms with Crippen molar-refractivity contribution in [2.45, 2.75) is 38.3 Å². The van der Waals surface area contributed by atoms with Gasteiger partial charge in [-0.3, -0.25) is 0 Å². The van der Waals surface area contributed by atoms with E-state index in [0.29, 0.717) is 12.1 Å². The second-order valence-electron chi connectivity index (χ2n) is 5.90. The minimum absolute atomic E-state index is 0.365. The number of ether oxygens (including phenoxy) is 1. The van der Waals surface area contributed by atoms with E-state index < -0.39 is 0 Å². The van der Waals surface area contributed by atoms with Gasteiger partial charge in [-0.05, 0) is 43.7 Å². The molecule has 2 heterocycles. The lowest BCUT2D eigenvalue weighted by Crippen LogP contribution is -2.31. The Kier molecular flexibility index (Phi) is 2.84. The molecule has 20 heavy (non-hydrogen) atoms. The standard InChI is InChI=1S/C16H19N3O/c1-10-3-2-4-12-14(10)16(18-9-17-12)19-13-7-8-20-15(13)11-5-6-11/h2-4,9,11,13,15H,5-8H2,1H3,(H,17,18,19)/t13-,15-/m1/s1. The van der Waals surface area contributed by atoms with Gasteiger partial charge in [0.05, 0.1) is 17.7 Å². The van der Waals surface area contributed by atoms with Gasteiger partial charge in [-0.25, -0.2) is 9.97 Å². The van der Waals surface area contributed by atoms with Gasteiger partial charge in [0.25, 0.3) is 0 Å². The fourth-order valence-electron chi connectivity index (χ4n) is 3.22. The highest BCUT2D eigenvalue weighted by Crippen LogP contribution is 2.40. The average Bonchev–Trinajstić information content (AvgIpc) is 3.20. The summed E-state index contributed by atoms with van der Waals surface area (Å²) in [4.78, 5) is 8.83. The van der Waals surface area contributed by atoms with Crippen molar-refractivity contribution in [3.05, 3.63) is 30.1 Å². The largest absolute Gasteiger partial charge is 0.376 e. The number of fused-ring (bicyclic) bond motifs is 1. The average molecular weight is 269 g/mol. The molecule has 2 fully saturated rings. The minimum atomic E-state index is 0.365. The van der Waals surface area contributed by atoms with E-state index in [1.165, 1.54) is 18.4 Å². The highest BCUT2D eigenvalue weighted by atomic mass is 16.5. The van der Waals surface area contributed by atoms with E-state index in [1.807, 2.05) is 12.1 Å². The molecule has 0 bridgehead atoms.